The number of amides is 1. The second-order valence-corrected chi connectivity index (χ2v) is 6.66. The average molecular weight is 331 g/mol. The van der Waals surface area contributed by atoms with Gasteiger partial charge in [-0.15, -0.1) is 0 Å². The second-order valence-electron chi connectivity index (χ2n) is 6.66. The predicted octanol–water partition coefficient (Wildman–Crippen LogP) is 2.75. The summed E-state index contributed by atoms with van der Waals surface area (Å²) in [6, 6.07) is 5.68. The number of allylic oxidation sites excluding steroid dienone is 2. The zero-order chi connectivity index (χ0) is 17.7. The normalized spacial score (nSPS) is 18.0. The van der Waals surface area contributed by atoms with Crippen LogP contribution in [-0.4, -0.2) is 32.4 Å². The Morgan fingerprint density at radius 1 is 1.25 bits per heavy atom. The van der Waals surface area contributed by atoms with Crippen LogP contribution in [0.5, 0.6) is 11.5 Å². The molecule has 0 heterocycles. The van der Waals surface area contributed by atoms with Crippen molar-refractivity contribution in [3.05, 3.63) is 30.0 Å². The molecule has 130 valence electrons. The summed E-state index contributed by atoms with van der Waals surface area (Å²) in [5, 5.41) is 3.41. The van der Waals surface area contributed by atoms with E-state index in [0.717, 1.165) is 29.9 Å². The quantitative estimate of drug-likeness (QED) is 0.839. The number of rotatable bonds is 6. The summed E-state index contributed by atoms with van der Waals surface area (Å²) >= 11 is 0. The molecule has 6 nitrogen and oxygen atoms in total. The maximum absolute atomic E-state index is 11.0. The van der Waals surface area contributed by atoms with Crippen molar-refractivity contribution in [2.45, 2.75) is 26.7 Å². The molecule has 0 saturated heterocycles. The Bertz CT molecular complexity index is 678. The van der Waals surface area contributed by atoms with E-state index in [1.807, 2.05) is 24.3 Å². The fraction of sp³-hybridized carbons (Fsp3) is 0.444. The first-order valence-corrected chi connectivity index (χ1v) is 7.84. The lowest BCUT2D eigenvalue weighted by Gasteiger charge is -2.31. The van der Waals surface area contributed by atoms with Crippen molar-refractivity contribution >= 4 is 17.3 Å². The molecule has 0 spiro atoms. The molecule has 0 saturated carbocycles. The molecule has 24 heavy (non-hydrogen) atoms. The highest BCUT2D eigenvalue weighted by Gasteiger charge is 2.26. The number of ether oxygens (including phenoxy) is 2. The molecule has 0 atom stereocenters. The van der Waals surface area contributed by atoms with Crippen LogP contribution in [0.4, 0.5) is 5.69 Å². The fourth-order valence-electron chi connectivity index (χ4n) is 2.83. The molecule has 3 N–H and O–H groups in total. The van der Waals surface area contributed by atoms with Crippen LogP contribution in [-0.2, 0) is 4.79 Å². The van der Waals surface area contributed by atoms with E-state index >= 15 is 0 Å². The average Bonchev–Trinajstić information content (AvgIpc) is 2.51. The largest absolute Gasteiger partial charge is 0.493 e. The van der Waals surface area contributed by atoms with E-state index in [0.29, 0.717) is 11.5 Å². The Hall–Kier alpha value is -2.50. The van der Waals surface area contributed by atoms with Crippen LogP contribution in [0, 0.1) is 5.41 Å². The van der Waals surface area contributed by atoms with Crippen molar-refractivity contribution < 1.29 is 14.3 Å². The summed E-state index contributed by atoms with van der Waals surface area (Å²) in [6.07, 6.45) is 3.69. The van der Waals surface area contributed by atoms with Gasteiger partial charge in [-0.05, 0) is 36.5 Å². The Labute approximate surface area is 142 Å². The summed E-state index contributed by atoms with van der Waals surface area (Å²) < 4.78 is 10.6. The van der Waals surface area contributed by atoms with E-state index in [4.69, 9.17) is 15.2 Å². The second kappa shape index (κ2) is 7.38. The first kappa shape index (κ1) is 17.8. The number of carbonyl (C=O) groups is 1. The number of anilines is 1. The first-order valence-electron chi connectivity index (χ1n) is 7.84. The van der Waals surface area contributed by atoms with Crippen LogP contribution in [0.3, 0.4) is 0 Å². The van der Waals surface area contributed by atoms with Crippen molar-refractivity contribution in [1.29, 1.82) is 0 Å². The molecule has 0 unspecified atom stereocenters. The molecule has 0 aliphatic heterocycles. The zero-order valence-electron chi connectivity index (χ0n) is 14.7. The van der Waals surface area contributed by atoms with Gasteiger partial charge in [-0.1, -0.05) is 13.8 Å². The van der Waals surface area contributed by atoms with Gasteiger partial charge in [-0.25, -0.2) is 0 Å². The van der Waals surface area contributed by atoms with Gasteiger partial charge < -0.3 is 20.5 Å². The molecule has 1 aromatic carbocycles. The highest BCUT2D eigenvalue weighted by molar-refractivity contribution is 5.98. The van der Waals surface area contributed by atoms with Gasteiger partial charge >= 0.3 is 0 Å². The summed E-state index contributed by atoms with van der Waals surface area (Å²) in [5.74, 6) is 0.930. The number of hydrogen-bond acceptors (Lipinski definition) is 5. The van der Waals surface area contributed by atoms with Gasteiger partial charge in [0.25, 0.3) is 0 Å². The van der Waals surface area contributed by atoms with Crippen molar-refractivity contribution in [3.63, 3.8) is 0 Å². The lowest BCUT2D eigenvalue weighted by Crippen LogP contribution is -2.25. The lowest BCUT2D eigenvalue weighted by atomic mass is 9.78. The molecular weight excluding hydrogens is 306 g/mol. The highest BCUT2D eigenvalue weighted by Crippen LogP contribution is 2.36. The molecule has 0 radical (unpaired) electrons. The lowest BCUT2D eigenvalue weighted by molar-refractivity contribution is -0.116. The van der Waals surface area contributed by atoms with E-state index in [2.05, 4.69) is 24.2 Å². The van der Waals surface area contributed by atoms with Gasteiger partial charge in [-0.3, -0.25) is 9.79 Å². The number of hydrogen-bond donors (Lipinski definition) is 2. The summed E-state index contributed by atoms with van der Waals surface area (Å²) in [7, 11) is 3.22. The molecule has 1 amide bonds. The van der Waals surface area contributed by atoms with E-state index in [1.165, 1.54) is 0 Å². The summed E-state index contributed by atoms with van der Waals surface area (Å²) in [5.41, 5.74) is 8.08. The molecule has 2 rings (SSSR count). The van der Waals surface area contributed by atoms with Crippen molar-refractivity contribution in [2.24, 2.45) is 16.1 Å². The predicted molar refractivity (Wildman–Crippen MR) is 95.8 cm³/mol. The van der Waals surface area contributed by atoms with Gasteiger partial charge in [0, 0.05) is 23.2 Å². The molecule has 1 aromatic rings. The minimum absolute atomic E-state index is 0.0194. The number of nitrogens with one attached hydrogen (secondary N) is 1. The minimum atomic E-state index is -0.423. The van der Waals surface area contributed by atoms with Crippen molar-refractivity contribution in [3.8, 4) is 11.5 Å². The third-order valence-electron chi connectivity index (χ3n) is 3.80. The topological polar surface area (TPSA) is 85.9 Å². The number of aliphatic imine (C=N–C) groups is 1. The van der Waals surface area contributed by atoms with Gasteiger partial charge in [0.1, 0.15) is 6.54 Å². The van der Waals surface area contributed by atoms with Gasteiger partial charge in [0.2, 0.25) is 5.91 Å². The van der Waals surface area contributed by atoms with Crippen LogP contribution < -0.4 is 20.5 Å². The Kier molecular flexibility index (Phi) is 5.49. The van der Waals surface area contributed by atoms with Crippen molar-refractivity contribution in [2.75, 3.05) is 26.1 Å². The molecule has 6 heteroatoms. The highest BCUT2D eigenvalue weighted by atomic mass is 16.5. The standard InChI is InChI=1S/C18H25N3O3/c1-18(2)9-13(20-11-17(19)22)7-14(10-18)21-12-5-6-15(23-3)16(8-12)24-4/h5-8,21H,9-11H2,1-4H3,(H2,19,22). The Morgan fingerprint density at radius 3 is 2.58 bits per heavy atom. The van der Waals surface area contributed by atoms with E-state index in [1.54, 1.807) is 14.2 Å². The summed E-state index contributed by atoms with van der Waals surface area (Å²) in [4.78, 5) is 15.3. The van der Waals surface area contributed by atoms with E-state index in [-0.39, 0.29) is 12.0 Å². The third kappa shape index (κ3) is 4.75. The summed E-state index contributed by atoms with van der Waals surface area (Å²) in [6.45, 7) is 4.37. The SMILES string of the molecule is COc1ccc(NC2=CC(=NCC(N)=O)CC(C)(C)C2)cc1OC. The number of nitrogens with two attached hydrogens (primary N) is 1. The monoisotopic (exact) mass is 331 g/mol. The Morgan fingerprint density at radius 2 is 1.96 bits per heavy atom. The van der Waals surface area contributed by atoms with Crippen LogP contribution in [0.1, 0.15) is 26.7 Å². The molecular formula is C18H25N3O3. The van der Waals surface area contributed by atoms with Crippen LogP contribution in [0.15, 0.2) is 35.0 Å². The van der Waals surface area contributed by atoms with E-state index in [9.17, 15) is 4.79 Å². The Balaban J connectivity index is 2.23. The number of nitrogens with zero attached hydrogens (tertiary/aromatic N) is 1. The van der Waals surface area contributed by atoms with E-state index < -0.39 is 5.91 Å². The maximum Gasteiger partial charge on any atom is 0.239 e. The van der Waals surface area contributed by atoms with Crippen molar-refractivity contribution in [1.82, 2.24) is 0 Å². The molecule has 1 aliphatic rings. The van der Waals surface area contributed by atoms with Crippen LogP contribution >= 0.6 is 0 Å². The van der Waals surface area contributed by atoms with Gasteiger partial charge in [0.05, 0.1) is 14.2 Å². The number of methoxy groups -OCH3 is 2. The minimum Gasteiger partial charge on any atom is -0.493 e. The molecule has 0 aromatic heterocycles. The van der Waals surface area contributed by atoms with Gasteiger partial charge in [0.15, 0.2) is 11.5 Å². The van der Waals surface area contributed by atoms with Gasteiger partial charge in [-0.2, -0.15) is 0 Å². The van der Waals surface area contributed by atoms with Crippen LogP contribution in [0.25, 0.3) is 0 Å². The fourth-order valence-corrected chi connectivity index (χ4v) is 2.83. The first-order chi connectivity index (χ1) is 11.3. The number of benzene rings is 1. The molecule has 1 aliphatic carbocycles. The zero-order valence-corrected chi connectivity index (χ0v) is 14.7. The third-order valence-corrected chi connectivity index (χ3v) is 3.80. The molecule has 0 bridgehead atoms. The maximum atomic E-state index is 11.0. The molecule has 0 fully saturated rings. The van der Waals surface area contributed by atoms with Crippen LogP contribution in [0.2, 0.25) is 0 Å². The smallest absolute Gasteiger partial charge is 0.239 e. The number of primary amides is 1. The number of carbonyl (C=O) groups excluding carboxylic acids is 1.